The first-order valence-electron chi connectivity index (χ1n) is 11.3. The molecular weight excluding hydrogens is 377 g/mol. The predicted molar refractivity (Wildman–Crippen MR) is 116 cm³/mol. The van der Waals surface area contributed by atoms with Crippen LogP contribution >= 0.6 is 0 Å². The van der Waals surface area contributed by atoms with Crippen molar-refractivity contribution >= 4 is 5.97 Å². The van der Waals surface area contributed by atoms with Crippen LogP contribution in [0.25, 0.3) is 0 Å². The van der Waals surface area contributed by atoms with Crippen LogP contribution in [-0.4, -0.2) is 12.1 Å². The van der Waals surface area contributed by atoms with Crippen molar-refractivity contribution in [2.45, 2.75) is 76.2 Å². The first kappa shape index (κ1) is 22.3. The Morgan fingerprint density at radius 1 is 1.03 bits per heavy atom. The molecule has 2 saturated carbocycles. The van der Waals surface area contributed by atoms with Crippen LogP contribution in [0.4, 0.5) is 4.39 Å². The van der Waals surface area contributed by atoms with Crippen molar-refractivity contribution in [3.63, 3.8) is 0 Å². The van der Waals surface area contributed by atoms with Crippen molar-refractivity contribution in [1.29, 1.82) is 5.26 Å². The molecule has 0 aliphatic heterocycles. The van der Waals surface area contributed by atoms with E-state index in [1.54, 1.807) is 6.08 Å². The number of carbonyl (C=O) groups is 1. The van der Waals surface area contributed by atoms with Crippen LogP contribution < -0.4 is 0 Å². The molecular formula is C26H32FNO2. The van der Waals surface area contributed by atoms with E-state index in [-0.39, 0.29) is 23.8 Å². The third-order valence-electron chi connectivity index (χ3n) is 6.64. The average Bonchev–Trinajstić information content (AvgIpc) is 2.78. The molecule has 0 unspecified atom stereocenters. The molecule has 2 aliphatic carbocycles. The molecule has 0 amide bonds. The maximum atomic E-state index is 13.1. The van der Waals surface area contributed by atoms with E-state index in [0.717, 1.165) is 64.2 Å². The summed E-state index contributed by atoms with van der Waals surface area (Å²) >= 11 is 0. The van der Waals surface area contributed by atoms with Crippen LogP contribution in [0.1, 0.15) is 75.7 Å². The number of hydrogen-bond acceptors (Lipinski definition) is 3. The molecule has 0 spiro atoms. The minimum Gasteiger partial charge on any atom is -0.462 e. The molecule has 0 radical (unpaired) electrons. The lowest BCUT2D eigenvalue weighted by atomic mass is 9.78. The third kappa shape index (κ3) is 6.83. The summed E-state index contributed by atoms with van der Waals surface area (Å²) in [6.45, 7) is 0. The van der Waals surface area contributed by atoms with E-state index in [2.05, 4.69) is 6.08 Å². The summed E-state index contributed by atoms with van der Waals surface area (Å²) in [5.41, 5.74) is 1.18. The van der Waals surface area contributed by atoms with Gasteiger partial charge in [0.1, 0.15) is 11.9 Å². The summed E-state index contributed by atoms with van der Waals surface area (Å²) in [6, 6.07) is 8.76. The fourth-order valence-corrected chi connectivity index (χ4v) is 4.80. The Balaban J connectivity index is 1.33. The fourth-order valence-electron chi connectivity index (χ4n) is 4.80. The van der Waals surface area contributed by atoms with Crippen LogP contribution in [0, 0.1) is 29.0 Å². The molecule has 3 rings (SSSR count). The van der Waals surface area contributed by atoms with Crippen molar-refractivity contribution in [1.82, 2.24) is 0 Å². The Morgan fingerprint density at radius 2 is 1.73 bits per heavy atom. The smallest absolute Gasteiger partial charge is 0.309 e. The van der Waals surface area contributed by atoms with Crippen LogP contribution in [-0.2, 0) is 9.53 Å². The largest absolute Gasteiger partial charge is 0.462 e. The predicted octanol–water partition coefficient (Wildman–Crippen LogP) is 6.62. The van der Waals surface area contributed by atoms with Gasteiger partial charge in [-0.1, -0.05) is 30.4 Å². The summed E-state index contributed by atoms with van der Waals surface area (Å²) in [6.07, 6.45) is 17.4. The number of allylic oxidation sites excluding steroid dienone is 4. The van der Waals surface area contributed by atoms with Gasteiger partial charge >= 0.3 is 5.97 Å². The molecule has 0 bridgehead atoms. The van der Waals surface area contributed by atoms with Gasteiger partial charge in [-0.3, -0.25) is 4.79 Å². The molecule has 160 valence electrons. The molecule has 0 heterocycles. The van der Waals surface area contributed by atoms with E-state index < -0.39 is 0 Å². The molecule has 2 aliphatic rings. The van der Waals surface area contributed by atoms with Gasteiger partial charge < -0.3 is 4.74 Å². The number of halogens is 1. The summed E-state index contributed by atoms with van der Waals surface area (Å²) in [4.78, 5) is 12.6. The zero-order valence-electron chi connectivity index (χ0n) is 17.6. The summed E-state index contributed by atoms with van der Waals surface area (Å²) in [5, 5.41) is 8.45. The van der Waals surface area contributed by atoms with Crippen molar-refractivity contribution in [3.8, 4) is 6.07 Å². The number of rotatable bonds is 7. The number of ether oxygens (including phenoxy) is 1. The molecule has 1 aromatic rings. The summed E-state index contributed by atoms with van der Waals surface area (Å²) < 4.78 is 19.0. The normalized spacial score (nSPS) is 27.2. The Morgan fingerprint density at radius 3 is 2.40 bits per heavy atom. The number of carbonyl (C=O) groups excluding carboxylic acids is 1. The maximum absolute atomic E-state index is 13.1. The van der Waals surface area contributed by atoms with Gasteiger partial charge in [-0.25, -0.2) is 4.39 Å². The quantitative estimate of drug-likeness (QED) is 0.289. The first-order chi connectivity index (χ1) is 14.7. The van der Waals surface area contributed by atoms with Crippen LogP contribution in [0.5, 0.6) is 0 Å². The molecule has 0 atom stereocenters. The van der Waals surface area contributed by atoms with Gasteiger partial charge in [0.2, 0.25) is 0 Å². The van der Waals surface area contributed by atoms with Gasteiger partial charge in [0.15, 0.2) is 0 Å². The second-order valence-electron chi connectivity index (χ2n) is 8.67. The number of hydrogen-bond donors (Lipinski definition) is 0. The first-order valence-corrected chi connectivity index (χ1v) is 11.3. The van der Waals surface area contributed by atoms with E-state index in [1.165, 1.54) is 23.8 Å². The molecule has 0 aromatic heterocycles. The maximum Gasteiger partial charge on any atom is 0.309 e. The second kappa shape index (κ2) is 11.7. The SMILES string of the molecule is N#CC=CC=CCC[C@H]1CC[C@H](OC(=O)[C@H]2CC[C@H](c3ccc(F)cc3)CC2)CC1. The highest BCUT2D eigenvalue weighted by Gasteiger charge is 2.31. The number of esters is 1. The van der Waals surface area contributed by atoms with Crippen molar-refractivity contribution in [2.24, 2.45) is 11.8 Å². The number of nitrogens with zero attached hydrogens (tertiary/aromatic N) is 1. The molecule has 1 aromatic carbocycles. The highest BCUT2D eigenvalue weighted by atomic mass is 19.1. The lowest BCUT2D eigenvalue weighted by molar-refractivity contribution is -0.157. The van der Waals surface area contributed by atoms with Crippen molar-refractivity contribution in [2.75, 3.05) is 0 Å². The van der Waals surface area contributed by atoms with E-state index in [9.17, 15) is 9.18 Å². The minimum absolute atomic E-state index is 0.0109. The zero-order valence-corrected chi connectivity index (χ0v) is 17.6. The van der Waals surface area contributed by atoms with E-state index in [0.29, 0.717) is 11.8 Å². The highest BCUT2D eigenvalue weighted by molar-refractivity contribution is 5.72. The minimum atomic E-state index is -0.199. The molecule has 0 N–H and O–H groups in total. The lowest BCUT2D eigenvalue weighted by Crippen LogP contribution is -2.29. The Hall–Kier alpha value is -2.41. The summed E-state index contributed by atoms with van der Waals surface area (Å²) in [5.74, 6) is 0.939. The van der Waals surface area contributed by atoms with Crippen LogP contribution in [0.3, 0.4) is 0 Å². The van der Waals surface area contributed by atoms with Gasteiger partial charge in [-0.05, 0) is 93.7 Å². The van der Waals surface area contributed by atoms with Gasteiger partial charge in [0.25, 0.3) is 0 Å². The topological polar surface area (TPSA) is 50.1 Å². The molecule has 2 fully saturated rings. The number of nitriles is 1. The van der Waals surface area contributed by atoms with Gasteiger partial charge in [0.05, 0.1) is 12.0 Å². The lowest BCUT2D eigenvalue weighted by Gasteiger charge is -2.31. The van der Waals surface area contributed by atoms with Crippen LogP contribution in [0.15, 0.2) is 48.6 Å². The standard InChI is InChI=1S/C26H32FNO2/c27-24-15-13-22(14-16-24)21-9-11-23(12-10-21)26(29)30-25-17-7-20(8-18-25)6-4-2-1-3-5-19-28/h1-3,5,13-16,20-21,23,25H,4,6-12,17-18H2/t20-,21-,23-,25-. The number of benzene rings is 1. The van der Waals surface area contributed by atoms with Crippen molar-refractivity contribution in [3.05, 3.63) is 60.0 Å². The van der Waals surface area contributed by atoms with E-state index in [4.69, 9.17) is 10.00 Å². The Labute approximate surface area is 179 Å². The van der Waals surface area contributed by atoms with E-state index >= 15 is 0 Å². The second-order valence-corrected chi connectivity index (χ2v) is 8.67. The monoisotopic (exact) mass is 409 g/mol. The van der Waals surface area contributed by atoms with Crippen LogP contribution in [0.2, 0.25) is 0 Å². The third-order valence-corrected chi connectivity index (χ3v) is 6.64. The van der Waals surface area contributed by atoms with E-state index in [1.807, 2.05) is 24.3 Å². The Kier molecular flexibility index (Phi) is 8.68. The highest BCUT2D eigenvalue weighted by Crippen LogP contribution is 2.37. The molecule has 4 heteroatoms. The molecule has 0 saturated heterocycles. The fraction of sp³-hybridized carbons (Fsp3) is 0.538. The van der Waals surface area contributed by atoms with Gasteiger partial charge in [0, 0.05) is 6.08 Å². The van der Waals surface area contributed by atoms with Crippen molar-refractivity contribution < 1.29 is 13.9 Å². The Bertz CT molecular complexity index is 761. The molecule has 30 heavy (non-hydrogen) atoms. The van der Waals surface area contributed by atoms with Gasteiger partial charge in [-0.15, -0.1) is 0 Å². The average molecular weight is 410 g/mol. The summed E-state index contributed by atoms with van der Waals surface area (Å²) in [7, 11) is 0. The van der Waals surface area contributed by atoms with Gasteiger partial charge in [-0.2, -0.15) is 5.26 Å². The zero-order chi connectivity index (χ0) is 21.2. The molecule has 3 nitrogen and oxygen atoms in total.